The zero-order chi connectivity index (χ0) is 16.7. The first-order valence-electron chi connectivity index (χ1n) is 6.87. The topological polar surface area (TPSA) is 83.6 Å². The van der Waals surface area contributed by atoms with Gasteiger partial charge in [-0.15, -0.1) is 0 Å². The van der Waals surface area contributed by atoms with Crippen molar-refractivity contribution >= 4 is 11.7 Å². The van der Waals surface area contributed by atoms with Crippen molar-refractivity contribution in [3.05, 3.63) is 0 Å². The maximum atomic E-state index is 9.67. The van der Waals surface area contributed by atoms with Crippen LogP contribution in [0.5, 0.6) is 0 Å². The molecule has 3 N–H and O–H groups in total. The van der Waals surface area contributed by atoms with Gasteiger partial charge in [-0.1, -0.05) is 0 Å². The van der Waals surface area contributed by atoms with E-state index in [4.69, 9.17) is 0 Å². The quantitative estimate of drug-likeness (QED) is 0.711. The number of carbonyl (C=O) groups excluding carboxylic acids is 2. The third-order valence-electron chi connectivity index (χ3n) is 3.29. The minimum Gasteiger partial charge on any atom is -0.393 e. The number of nitrogens with two attached hydrogens (primary N) is 1. The lowest BCUT2D eigenvalue weighted by atomic mass is 9.79. The molecule has 5 heteroatoms. The Hall–Kier alpha value is -0.940. The fourth-order valence-electron chi connectivity index (χ4n) is 2.32. The molecule has 0 aromatic carbocycles. The first-order chi connectivity index (χ1) is 8.72. The molecule has 1 amide bonds. The number of nitrogens with zero attached hydrogens (tertiary/aromatic N) is 1. The van der Waals surface area contributed by atoms with Crippen molar-refractivity contribution in [3.8, 4) is 0 Å². The van der Waals surface area contributed by atoms with Crippen LogP contribution in [0.4, 0.5) is 0 Å². The largest absolute Gasteiger partial charge is 0.393 e. The lowest BCUT2D eigenvalue weighted by molar-refractivity contribution is -0.116. The van der Waals surface area contributed by atoms with E-state index in [1.165, 1.54) is 20.8 Å². The summed E-state index contributed by atoms with van der Waals surface area (Å²) in [4.78, 5) is 21.0. The fraction of sp³-hybridized carbons (Fsp3) is 0.867. The number of ketones is 1. The van der Waals surface area contributed by atoms with E-state index in [9.17, 15) is 14.7 Å². The van der Waals surface area contributed by atoms with Crippen LogP contribution in [-0.2, 0) is 9.59 Å². The number of rotatable bonds is 0. The molecule has 1 heterocycles. The van der Waals surface area contributed by atoms with E-state index in [2.05, 4.69) is 45.4 Å². The van der Waals surface area contributed by atoms with Crippen LogP contribution < -0.4 is 5.73 Å². The van der Waals surface area contributed by atoms with Crippen molar-refractivity contribution in [1.29, 1.82) is 0 Å². The number of hydrogen-bond acceptors (Lipinski definition) is 4. The summed E-state index contributed by atoms with van der Waals surface area (Å²) in [6.07, 6.45) is 1.63. The van der Waals surface area contributed by atoms with Gasteiger partial charge in [0.25, 0.3) is 0 Å². The van der Waals surface area contributed by atoms with Crippen LogP contribution in [0, 0.1) is 0 Å². The van der Waals surface area contributed by atoms with Crippen LogP contribution in [-0.4, -0.2) is 45.9 Å². The monoisotopic (exact) mass is 288 g/mol. The Morgan fingerprint density at radius 2 is 1.25 bits per heavy atom. The van der Waals surface area contributed by atoms with Gasteiger partial charge in [0.1, 0.15) is 5.78 Å². The molecule has 0 aromatic rings. The van der Waals surface area contributed by atoms with E-state index < -0.39 is 0 Å². The van der Waals surface area contributed by atoms with Gasteiger partial charge in [0.2, 0.25) is 5.91 Å². The van der Waals surface area contributed by atoms with Crippen molar-refractivity contribution in [3.63, 3.8) is 0 Å². The summed E-state index contributed by atoms with van der Waals surface area (Å²) in [6, 6.07) is 0. The fourth-order valence-corrected chi connectivity index (χ4v) is 2.32. The molecule has 0 saturated carbocycles. The van der Waals surface area contributed by atoms with Gasteiger partial charge in [-0.3, -0.25) is 9.69 Å². The highest BCUT2D eigenvalue weighted by Gasteiger charge is 2.42. The Balaban J connectivity index is 0. The van der Waals surface area contributed by atoms with Crippen LogP contribution in [0.3, 0.4) is 0 Å². The molecule has 0 aromatic heterocycles. The smallest absolute Gasteiger partial charge is 0.214 e. The highest BCUT2D eigenvalue weighted by atomic mass is 16.3. The summed E-state index contributed by atoms with van der Waals surface area (Å²) >= 11 is 0. The van der Waals surface area contributed by atoms with Crippen molar-refractivity contribution in [1.82, 2.24) is 4.90 Å². The maximum absolute atomic E-state index is 9.67. The van der Waals surface area contributed by atoms with E-state index in [-0.39, 0.29) is 28.9 Å². The van der Waals surface area contributed by atoms with Gasteiger partial charge >= 0.3 is 0 Å². The van der Waals surface area contributed by atoms with E-state index >= 15 is 0 Å². The highest BCUT2D eigenvalue weighted by Crippen LogP contribution is 2.36. The standard InChI is InChI=1S/C10H21NO.C3H6O.C2H5NO/c1-9(2)6-8(12)7-10(3,4)11(9)5;1-3(2)4;1-2(3)4/h8,12H,6-7H2,1-5H3;1-2H3;1H3,(H2,3,4). The molecular weight excluding hydrogens is 256 g/mol. The second-order valence-corrected chi connectivity index (χ2v) is 6.76. The molecule has 1 fully saturated rings. The Morgan fingerprint density at radius 3 is 1.45 bits per heavy atom. The zero-order valence-electron chi connectivity index (χ0n) is 14.3. The van der Waals surface area contributed by atoms with Gasteiger partial charge in [-0.25, -0.2) is 0 Å². The van der Waals surface area contributed by atoms with E-state index in [0.717, 1.165) is 12.8 Å². The summed E-state index contributed by atoms with van der Waals surface area (Å²) in [7, 11) is 2.14. The number of primary amides is 1. The summed E-state index contributed by atoms with van der Waals surface area (Å²) in [5.41, 5.74) is 4.72. The van der Waals surface area contributed by atoms with Gasteiger partial charge in [-0.05, 0) is 61.4 Å². The van der Waals surface area contributed by atoms with Crippen LogP contribution >= 0.6 is 0 Å². The number of Topliss-reactive ketones (excluding diaryl/α,β-unsaturated/α-hetero) is 1. The van der Waals surface area contributed by atoms with Crippen molar-refractivity contribution in [2.75, 3.05) is 7.05 Å². The average Bonchev–Trinajstić information content (AvgIpc) is 2.10. The molecule has 1 aliphatic heterocycles. The van der Waals surface area contributed by atoms with Crippen molar-refractivity contribution in [2.24, 2.45) is 5.73 Å². The molecule has 0 bridgehead atoms. The van der Waals surface area contributed by atoms with Gasteiger partial charge < -0.3 is 15.6 Å². The number of aliphatic hydroxyl groups is 1. The lowest BCUT2D eigenvalue weighted by Gasteiger charge is -2.52. The number of aliphatic hydroxyl groups excluding tert-OH is 1. The van der Waals surface area contributed by atoms with Gasteiger partial charge in [0.15, 0.2) is 0 Å². The molecule has 1 aliphatic rings. The highest BCUT2D eigenvalue weighted by molar-refractivity contribution is 5.72. The summed E-state index contributed by atoms with van der Waals surface area (Å²) in [5, 5.41) is 9.67. The third kappa shape index (κ3) is 9.92. The van der Waals surface area contributed by atoms with Crippen molar-refractivity contribution < 1.29 is 14.7 Å². The molecule has 5 nitrogen and oxygen atoms in total. The van der Waals surface area contributed by atoms with Crippen LogP contribution in [0.15, 0.2) is 0 Å². The number of amides is 1. The minimum absolute atomic E-state index is 0.126. The maximum Gasteiger partial charge on any atom is 0.214 e. The Kier molecular flexibility index (Phi) is 8.94. The van der Waals surface area contributed by atoms with E-state index in [0.29, 0.717) is 0 Å². The predicted octanol–water partition coefficient (Wildman–Crippen LogP) is 1.72. The molecule has 1 saturated heterocycles. The molecule has 0 aliphatic carbocycles. The van der Waals surface area contributed by atoms with E-state index in [1.807, 2.05) is 0 Å². The van der Waals surface area contributed by atoms with Crippen molar-refractivity contribution in [2.45, 2.75) is 78.5 Å². The summed E-state index contributed by atoms with van der Waals surface area (Å²) in [6.45, 7) is 13.1. The van der Waals surface area contributed by atoms with Gasteiger partial charge in [0, 0.05) is 18.0 Å². The van der Waals surface area contributed by atoms with E-state index in [1.54, 1.807) is 0 Å². The number of carbonyl (C=O) groups is 2. The number of hydrogen-bond donors (Lipinski definition) is 2. The number of piperidine rings is 1. The van der Waals surface area contributed by atoms with Crippen LogP contribution in [0.1, 0.15) is 61.3 Å². The Bertz CT molecular complexity index is 287. The molecule has 0 spiro atoms. The second-order valence-electron chi connectivity index (χ2n) is 6.76. The molecule has 0 radical (unpaired) electrons. The van der Waals surface area contributed by atoms with Gasteiger partial charge in [0.05, 0.1) is 6.10 Å². The average molecular weight is 288 g/mol. The SMILES string of the molecule is CC(C)=O.CC(N)=O.CN1C(C)(C)CC(O)CC1(C)C. The summed E-state index contributed by atoms with van der Waals surface area (Å²) in [5.74, 6) is -0.167. The Labute approximate surface area is 123 Å². The molecule has 1 rings (SSSR count). The summed E-state index contributed by atoms with van der Waals surface area (Å²) < 4.78 is 0. The third-order valence-corrected chi connectivity index (χ3v) is 3.29. The molecule has 0 atom stereocenters. The molecule has 120 valence electrons. The molecule has 0 unspecified atom stereocenters. The first-order valence-corrected chi connectivity index (χ1v) is 6.87. The second kappa shape index (κ2) is 8.37. The van der Waals surface area contributed by atoms with Crippen LogP contribution in [0.25, 0.3) is 0 Å². The predicted molar refractivity (Wildman–Crippen MR) is 82.4 cm³/mol. The first kappa shape index (κ1) is 21.4. The normalized spacial score (nSPS) is 20.9. The van der Waals surface area contributed by atoms with Gasteiger partial charge in [-0.2, -0.15) is 0 Å². The lowest BCUT2D eigenvalue weighted by Crippen LogP contribution is -2.59. The Morgan fingerprint density at radius 1 is 1.05 bits per heavy atom. The zero-order valence-corrected chi connectivity index (χ0v) is 14.3. The molecule has 20 heavy (non-hydrogen) atoms. The minimum atomic E-state index is -0.333. The van der Waals surface area contributed by atoms with Crippen LogP contribution in [0.2, 0.25) is 0 Å². The molecular formula is C15H32N2O3. The number of likely N-dealkylation sites (tertiary alicyclic amines) is 1.